The molecule has 0 radical (unpaired) electrons. The number of nitrogens with zero attached hydrogens (tertiary/aromatic N) is 2. The van der Waals surface area contributed by atoms with Gasteiger partial charge in [0, 0.05) is 11.6 Å². The number of aromatic nitrogens is 2. The molecule has 2 atom stereocenters. The van der Waals surface area contributed by atoms with Gasteiger partial charge in [-0.15, -0.1) is 0 Å². The third kappa shape index (κ3) is 3.14. The fourth-order valence-corrected chi connectivity index (χ4v) is 3.09. The van der Waals surface area contributed by atoms with Gasteiger partial charge in [-0.05, 0) is 30.2 Å². The standard InChI is InChI=1S/C19H20N4O3/c1-24-16-9-8-13(10-17(16)25-2)18-20-19(26-23-18)15-11-14(21-22-15)12-6-4-3-5-7-12/h3-10,14-15,21-22H,11H2,1-2H3. The van der Waals surface area contributed by atoms with Crippen molar-refractivity contribution in [2.24, 2.45) is 0 Å². The molecule has 1 fully saturated rings. The first-order valence-electron chi connectivity index (χ1n) is 8.40. The normalized spacial score (nSPS) is 19.5. The van der Waals surface area contributed by atoms with E-state index in [1.165, 1.54) is 5.56 Å². The fraction of sp³-hybridized carbons (Fsp3) is 0.263. The molecule has 0 amide bonds. The number of hydrogen-bond acceptors (Lipinski definition) is 7. The Balaban J connectivity index is 1.52. The minimum atomic E-state index is -0.0402. The minimum Gasteiger partial charge on any atom is -0.493 e. The van der Waals surface area contributed by atoms with Crippen LogP contribution in [0, 0.1) is 0 Å². The van der Waals surface area contributed by atoms with E-state index in [0.717, 1.165) is 12.0 Å². The van der Waals surface area contributed by atoms with E-state index in [2.05, 4.69) is 33.1 Å². The number of nitrogens with one attached hydrogen (secondary N) is 2. The predicted molar refractivity (Wildman–Crippen MR) is 95.7 cm³/mol. The highest BCUT2D eigenvalue weighted by atomic mass is 16.5. The monoisotopic (exact) mass is 352 g/mol. The van der Waals surface area contributed by atoms with Crippen molar-refractivity contribution >= 4 is 0 Å². The van der Waals surface area contributed by atoms with Crippen molar-refractivity contribution in [3.63, 3.8) is 0 Å². The molecule has 0 aliphatic carbocycles. The molecule has 0 saturated carbocycles. The maximum absolute atomic E-state index is 5.48. The van der Waals surface area contributed by atoms with Crippen LogP contribution in [0.4, 0.5) is 0 Å². The quantitative estimate of drug-likeness (QED) is 0.730. The van der Waals surface area contributed by atoms with Crippen LogP contribution in [0.5, 0.6) is 11.5 Å². The lowest BCUT2D eigenvalue weighted by Gasteiger charge is -2.08. The molecule has 1 aliphatic rings. The summed E-state index contributed by atoms with van der Waals surface area (Å²) >= 11 is 0. The second-order valence-corrected chi connectivity index (χ2v) is 6.07. The van der Waals surface area contributed by atoms with Crippen molar-refractivity contribution in [1.82, 2.24) is 21.0 Å². The summed E-state index contributed by atoms with van der Waals surface area (Å²) in [4.78, 5) is 4.54. The van der Waals surface area contributed by atoms with E-state index in [1.54, 1.807) is 14.2 Å². The van der Waals surface area contributed by atoms with Crippen LogP contribution in [0.25, 0.3) is 11.4 Å². The molecule has 26 heavy (non-hydrogen) atoms. The summed E-state index contributed by atoms with van der Waals surface area (Å²) in [7, 11) is 3.20. The molecule has 2 heterocycles. The van der Waals surface area contributed by atoms with Crippen molar-refractivity contribution in [2.75, 3.05) is 14.2 Å². The Morgan fingerprint density at radius 3 is 2.50 bits per heavy atom. The van der Waals surface area contributed by atoms with E-state index in [0.29, 0.717) is 23.2 Å². The SMILES string of the molecule is COc1ccc(-c2noc(C3CC(c4ccccc4)NN3)n2)cc1OC. The van der Waals surface area contributed by atoms with Gasteiger partial charge in [0.05, 0.1) is 14.2 Å². The van der Waals surface area contributed by atoms with E-state index < -0.39 is 0 Å². The Labute approximate surface area is 151 Å². The number of ether oxygens (including phenoxy) is 2. The summed E-state index contributed by atoms with van der Waals surface area (Å²) in [6.45, 7) is 0. The van der Waals surface area contributed by atoms with Crippen LogP contribution in [0.15, 0.2) is 53.1 Å². The first-order chi connectivity index (χ1) is 12.8. The molecule has 3 aromatic rings. The van der Waals surface area contributed by atoms with Crippen LogP contribution < -0.4 is 20.3 Å². The molecule has 1 aliphatic heterocycles. The van der Waals surface area contributed by atoms with Crippen molar-refractivity contribution in [1.29, 1.82) is 0 Å². The fourth-order valence-electron chi connectivity index (χ4n) is 3.09. The number of hydrogen-bond donors (Lipinski definition) is 2. The predicted octanol–water partition coefficient (Wildman–Crippen LogP) is 3.03. The van der Waals surface area contributed by atoms with E-state index >= 15 is 0 Å². The highest BCUT2D eigenvalue weighted by Gasteiger charge is 2.30. The van der Waals surface area contributed by atoms with Crippen LogP contribution >= 0.6 is 0 Å². The van der Waals surface area contributed by atoms with Gasteiger partial charge in [0.2, 0.25) is 11.7 Å². The first-order valence-corrected chi connectivity index (χ1v) is 8.40. The number of methoxy groups -OCH3 is 2. The lowest BCUT2D eigenvalue weighted by molar-refractivity contribution is 0.340. The number of hydrazine groups is 1. The molecule has 4 rings (SSSR count). The maximum atomic E-state index is 5.48. The minimum absolute atomic E-state index is 0.0402. The third-order valence-electron chi connectivity index (χ3n) is 4.49. The smallest absolute Gasteiger partial charge is 0.245 e. The summed E-state index contributed by atoms with van der Waals surface area (Å²) in [6, 6.07) is 16.0. The van der Waals surface area contributed by atoms with Crippen LogP contribution in [-0.2, 0) is 0 Å². The second kappa shape index (κ2) is 7.15. The zero-order valence-corrected chi connectivity index (χ0v) is 14.6. The van der Waals surface area contributed by atoms with E-state index in [1.807, 2.05) is 36.4 Å². The summed E-state index contributed by atoms with van der Waals surface area (Å²) in [5.74, 6) is 2.36. The average Bonchev–Trinajstić information content (AvgIpc) is 3.37. The molecule has 0 spiro atoms. The summed E-state index contributed by atoms with van der Waals surface area (Å²) in [5, 5.41) is 4.11. The van der Waals surface area contributed by atoms with Crippen LogP contribution in [-0.4, -0.2) is 24.4 Å². The van der Waals surface area contributed by atoms with Crippen LogP contribution in [0.2, 0.25) is 0 Å². The van der Waals surface area contributed by atoms with Gasteiger partial charge in [-0.25, -0.2) is 10.9 Å². The highest BCUT2D eigenvalue weighted by Crippen LogP contribution is 2.33. The van der Waals surface area contributed by atoms with Gasteiger partial charge in [0.1, 0.15) is 6.04 Å². The molecule has 7 nitrogen and oxygen atoms in total. The van der Waals surface area contributed by atoms with Gasteiger partial charge in [-0.3, -0.25) is 0 Å². The molecule has 1 aromatic heterocycles. The van der Waals surface area contributed by atoms with E-state index in [4.69, 9.17) is 14.0 Å². The van der Waals surface area contributed by atoms with E-state index in [9.17, 15) is 0 Å². The summed E-state index contributed by atoms with van der Waals surface area (Å²) in [6.07, 6.45) is 0.831. The van der Waals surface area contributed by atoms with Gasteiger partial charge in [-0.1, -0.05) is 35.5 Å². The molecule has 2 unspecified atom stereocenters. The molecule has 1 saturated heterocycles. The molecule has 2 N–H and O–H groups in total. The lowest BCUT2D eigenvalue weighted by atomic mass is 10.0. The largest absolute Gasteiger partial charge is 0.493 e. The third-order valence-corrected chi connectivity index (χ3v) is 4.49. The Morgan fingerprint density at radius 2 is 1.73 bits per heavy atom. The van der Waals surface area contributed by atoms with Crippen LogP contribution in [0.3, 0.4) is 0 Å². The average molecular weight is 352 g/mol. The highest BCUT2D eigenvalue weighted by molar-refractivity contribution is 5.60. The summed E-state index contributed by atoms with van der Waals surface area (Å²) < 4.78 is 16.1. The van der Waals surface area contributed by atoms with Crippen molar-refractivity contribution in [2.45, 2.75) is 18.5 Å². The van der Waals surface area contributed by atoms with Gasteiger partial charge in [-0.2, -0.15) is 4.98 Å². The van der Waals surface area contributed by atoms with E-state index in [-0.39, 0.29) is 12.1 Å². The molecular formula is C19H20N4O3. The Bertz CT molecular complexity index is 882. The second-order valence-electron chi connectivity index (χ2n) is 6.07. The van der Waals surface area contributed by atoms with Gasteiger partial charge in [0.25, 0.3) is 0 Å². The van der Waals surface area contributed by atoms with Gasteiger partial charge in [0.15, 0.2) is 11.5 Å². The maximum Gasteiger partial charge on any atom is 0.245 e. The lowest BCUT2D eigenvalue weighted by Crippen LogP contribution is -2.26. The Kier molecular flexibility index (Phi) is 4.55. The van der Waals surface area contributed by atoms with Crippen molar-refractivity contribution < 1.29 is 14.0 Å². The Hall–Kier alpha value is -2.90. The summed E-state index contributed by atoms with van der Waals surface area (Å²) in [5.41, 5.74) is 8.56. The molecule has 2 aromatic carbocycles. The molecule has 134 valence electrons. The van der Waals surface area contributed by atoms with Crippen molar-refractivity contribution in [3.8, 4) is 22.9 Å². The van der Waals surface area contributed by atoms with Crippen molar-refractivity contribution in [3.05, 3.63) is 60.0 Å². The van der Waals surface area contributed by atoms with Crippen LogP contribution in [0.1, 0.15) is 30.0 Å². The topological polar surface area (TPSA) is 81.4 Å². The zero-order chi connectivity index (χ0) is 17.9. The first kappa shape index (κ1) is 16.6. The van der Waals surface area contributed by atoms with Gasteiger partial charge >= 0.3 is 0 Å². The number of rotatable bonds is 5. The molecular weight excluding hydrogens is 332 g/mol. The molecule has 0 bridgehead atoms. The number of benzene rings is 2. The Morgan fingerprint density at radius 1 is 0.962 bits per heavy atom. The molecule has 7 heteroatoms. The van der Waals surface area contributed by atoms with Gasteiger partial charge < -0.3 is 14.0 Å². The zero-order valence-electron chi connectivity index (χ0n) is 14.6.